The minimum atomic E-state index is -0.802. The van der Waals surface area contributed by atoms with Crippen molar-refractivity contribution in [3.63, 3.8) is 0 Å². The summed E-state index contributed by atoms with van der Waals surface area (Å²) < 4.78 is 0. The van der Waals surface area contributed by atoms with Crippen LogP contribution in [-0.4, -0.2) is 53.2 Å². The Hall–Kier alpha value is -1.60. The Morgan fingerprint density at radius 2 is 2.12 bits per heavy atom. The Balaban J connectivity index is 1.67. The van der Waals surface area contributed by atoms with Gasteiger partial charge in [-0.1, -0.05) is 6.92 Å². The zero-order valence-electron chi connectivity index (χ0n) is 14.5. The predicted molar refractivity (Wildman–Crippen MR) is 95.6 cm³/mol. The molecule has 7 heteroatoms. The largest absolute Gasteiger partial charge is 0.480 e. The van der Waals surface area contributed by atoms with Crippen molar-refractivity contribution in [2.75, 3.05) is 13.1 Å². The summed E-state index contributed by atoms with van der Waals surface area (Å²) in [5.41, 5.74) is 0. The third-order valence-corrected chi connectivity index (χ3v) is 5.41. The van der Waals surface area contributed by atoms with Crippen LogP contribution in [0.1, 0.15) is 36.4 Å². The molecule has 1 saturated carbocycles. The number of carboxylic acid groups (broad SMARTS) is 1. The number of carbonyl (C=O) groups excluding carboxylic acids is 1. The zero-order valence-corrected chi connectivity index (χ0v) is 15.4. The molecule has 1 atom stereocenters. The van der Waals surface area contributed by atoms with Crippen molar-refractivity contribution in [1.29, 1.82) is 0 Å². The summed E-state index contributed by atoms with van der Waals surface area (Å²) in [6, 6.07) is 4.53. The van der Waals surface area contributed by atoms with Crippen LogP contribution in [0, 0.1) is 6.92 Å². The van der Waals surface area contributed by atoms with Crippen molar-refractivity contribution in [3.05, 3.63) is 21.9 Å². The van der Waals surface area contributed by atoms with E-state index in [0.717, 1.165) is 19.3 Å². The van der Waals surface area contributed by atoms with E-state index < -0.39 is 5.97 Å². The second-order valence-corrected chi connectivity index (χ2v) is 7.89. The van der Waals surface area contributed by atoms with Crippen molar-refractivity contribution < 1.29 is 14.7 Å². The summed E-state index contributed by atoms with van der Waals surface area (Å²) in [6.45, 7) is 6.83. The molecule has 2 rings (SSSR count). The number of hydrogen-bond donors (Lipinski definition) is 3. The van der Waals surface area contributed by atoms with Gasteiger partial charge in [0.05, 0.1) is 6.54 Å². The molecule has 1 aromatic heterocycles. The fourth-order valence-electron chi connectivity index (χ4n) is 3.08. The maximum absolute atomic E-state index is 12.0. The standard InChI is InChI=1S/C17H27N3O3S/c1-4-20(10-16(21)22)14-8-13(9-14)19-17(23)18-11(2)7-15-6-5-12(3)24-15/h5-6,11,13-14H,4,7-10H2,1-3H3,(H,21,22)(H2,18,19,23). The average Bonchev–Trinajstić information content (AvgIpc) is 2.84. The Labute approximate surface area is 147 Å². The predicted octanol–water partition coefficient (Wildman–Crippen LogP) is 2.22. The summed E-state index contributed by atoms with van der Waals surface area (Å²) in [4.78, 5) is 27.4. The quantitative estimate of drug-likeness (QED) is 0.669. The number of urea groups is 1. The Bertz CT molecular complexity index is 569. The van der Waals surface area contributed by atoms with Gasteiger partial charge in [-0.05, 0) is 45.4 Å². The van der Waals surface area contributed by atoms with Gasteiger partial charge in [-0.2, -0.15) is 0 Å². The molecule has 6 nitrogen and oxygen atoms in total. The highest BCUT2D eigenvalue weighted by Gasteiger charge is 2.34. The fourth-order valence-corrected chi connectivity index (χ4v) is 4.09. The van der Waals surface area contributed by atoms with E-state index in [-0.39, 0.29) is 30.7 Å². The van der Waals surface area contributed by atoms with Gasteiger partial charge >= 0.3 is 12.0 Å². The fraction of sp³-hybridized carbons (Fsp3) is 0.647. The first kappa shape index (κ1) is 18.7. The minimum Gasteiger partial charge on any atom is -0.480 e. The van der Waals surface area contributed by atoms with Gasteiger partial charge in [0.1, 0.15) is 0 Å². The second-order valence-electron chi connectivity index (χ2n) is 6.51. The zero-order chi connectivity index (χ0) is 17.7. The third kappa shape index (κ3) is 5.49. The van der Waals surface area contributed by atoms with E-state index in [9.17, 15) is 9.59 Å². The number of thiophene rings is 1. The van der Waals surface area contributed by atoms with Gasteiger partial charge < -0.3 is 15.7 Å². The van der Waals surface area contributed by atoms with Gasteiger partial charge in [0.2, 0.25) is 0 Å². The van der Waals surface area contributed by atoms with Crippen LogP contribution in [0.25, 0.3) is 0 Å². The smallest absolute Gasteiger partial charge is 0.317 e. The third-order valence-electron chi connectivity index (χ3n) is 4.39. The van der Waals surface area contributed by atoms with Crippen LogP contribution in [0.3, 0.4) is 0 Å². The number of aryl methyl sites for hydroxylation is 1. The lowest BCUT2D eigenvalue weighted by Gasteiger charge is -2.42. The Kier molecular flexibility index (Phi) is 6.62. The summed E-state index contributed by atoms with van der Waals surface area (Å²) in [6.07, 6.45) is 2.46. The number of likely N-dealkylation sites (N-methyl/N-ethyl adjacent to an activating group) is 1. The number of amides is 2. The molecule has 1 aliphatic rings. The number of carbonyl (C=O) groups is 2. The van der Waals surface area contributed by atoms with E-state index in [2.05, 4.69) is 29.7 Å². The first-order valence-corrected chi connectivity index (χ1v) is 9.27. The number of nitrogens with one attached hydrogen (secondary N) is 2. The molecule has 0 radical (unpaired) electrons. The topological polar surface area (TPSA) is 81.7 Å². The molecule has 24 heavy (non-hydrogen) atoms. The maximum Gasteiger partial charge on any atom is 0.317 e. The summed E-state index contributed by atoms with van der Waals surface area (Å²) >= 11 is 1.76. The van der Waals surface area contributed by atoms with Gasteiger partial charge in [0.15, 0.2) is 0 Å². The molecule has 1 fully saturated rings. The highest BCUT2D eigenvalue weighted by molar-refractivity contribution is 7.11. The summed E-state index contributed by atoms with van der Waals surface area (Å²) in [5.74, 6) is -0.802. The number of nitrogens with zero attached hydrogens (tertiary/aromatic N) is 1. The molecule has 0 bridgehead atoms. The number of hydrogen-bond acceptors (Lipinski definition) is 4. The summed E-state index contributed by atoms with van der Waals surface area (Å²) in [5, 5.41) is 14.9. The van der Waals surface area contributed by atoms with E-state index in [1.54, 1.807) is 11.3 Å². The molecule has 1 aliphatic carbocycles. The lowest BCUT2D eigenvalue weighted by Crippen LogP contribution is -2.57. The highest BCUT2D eigenvalue weighted by Crippen LogP contribution is 2.25. The number of aliphatic carboxylic acids is 1. The van der Waals surface area contributed by atoms with E-state index in [1.807, 2.05) is 18.7 Å². The molecular formula is C17H27N3O3S. The Morgan fingerprint density at radius 3 is 2.67 bits per heavy atom. The Morgan fingerprint density at radius 1 is 1.42 bits per heavy atom. The first-order valence-electron chi connectivity index (χ1n) is 8.45. The number of rotatable bonds is 8. The van der Waals surface area contributed by atoms with E-state index in [0.29, 0.717) is 6.54 Å². The summed E-state index contributed by atoms with van der Waals surface area (Å²) in [7, 11) is 0. The normalized spacial score (nSPS) is 21.2. The van der Waals surface area contributed by atoms with Crippen molar-refractivity contribution in [3.8, 4) is 0 Å². The molecule has 0 saturated heterocycles. The van der Waals surface area contributed by atoms with Gasteiger partial charge in [0.25, 0.3) is 0 Å². The van der Waals surface area contributed by atoms with E-state index >= 15 is 0 Å². The van der Waals surface area contributed by atoms with E-state index in [4.69, 9.17) is 5.11 Å². The van der Waals surface area contributed by atoms with Crippen LogP contribution >= 0.6 is 11.3 Å². The van der Waals surface area contributed by atoms with Crippen molar-refractivity contribution >= 4 is 23.3 Å². The van der Waals surface area contributed by atoms with Gasteiger partial charge in [0, 0.05) is 34.3 Å². The first-order chi connectivity index (χ1) is 11.4. The maximum atomic E-state index is 12.0. The van der Waals surface area contributed by atoms with Crippen molar-refractivity contribution in [2.24, 2.45) is 0 Å². The monoisotopic (exact) mass is 353 g/mol. The van der Waals surface area contributed by atoms with Crippen LogP contribution in [0.4, 0.5) is 4.79 Å². The molecule has 1 unspecified atom stereocenters. The average molecular weight is 353 g/mol. The molecule has 3 N–H and O–H groups in total. The molecule has 0 aromatic carbocycles. The lowest BCUT2D eigenvalue weighted by molar-refractivity contribution is -0.139. The molecule has 1 heterocycles. The highest BCUT2D eigenvalue weighted by atomic mass is 32.1. The van der Waals surface area contributed by atoms with Crippen molar-refractivity contribution in [1.82, 2.24) is 15.5 Å². The number of carboxylic acids is 1. The minimum absolute atomic E-state index is 0.0668. The van der Waals surface area contributed by atoms with Gasteiger partial charge in [-0.15, -0.1) is 11.3 Å². The SMILES string of the molecule is CCN(CC(=O)O)C1CC(NC(=O)NC(C)Cc2ccc(C)s2)C1. The van der Waals surface area contributed by atoms with E-state index in [1.165, 1.54) is 9.75 Å². The van der Waals surface area contributed by atoms with Crippen LogP contribution in [0.2, 0.25) is 0 Å². The van der Waals surface area contributed by atoms with Crippen molar-refractivity contribution in [2.45, 2.75) is 58.2 Å². The molecule has 2 amide bonds. The molecular weight excluding hydrogens is 326 g/mol. The molecule has 0 spiro atoms. The lowest BCUT2D eigenvalue weighted by atomic mass is 9.85. The molecule has 0 aliphatic heterocycles. The molecule has 134 valence electrons. The van der Waals surface area contributed by atoms with Gasteiger partial charge in [-0.25, -0.2) is 4.79 Å². The second kappa shape index (κ2) is 8.48. The van der Waals surface area contributed by atoms with Crippen LogP contribution in [-0.2, 0) is 11.2 Å². The van der Waals surface area contributed by atoms with Gasteiger partial charge in [-0.3, -0.25) is 9.69 Å². The van der Waals surface area contributed by atoms with Crippen LogP contribution in [0.5, 0.6) is 0 Å². The van der Waals surface area contributed by atoms with Crippen LogP contribution < -0.4 is 10.6 Å². The molecule has 1 aromatic rings. The van der Waals surface area contributed by atoms with Crippen LogP contribution in [0.15, 0.2) is 12.1 Å².